The fourth-order valence-corrected chi connectivity index (χ4v) is 1.26. The molecule has 0 aromatic carbocycles. The van der Waals surface area contributed by atoms with Crippen LogP contribution in [0.15, 0.2) is 12.1 Å². The average molecular weight is 274 g/mol. The van der Waals surface area contributed by atoms with E-state index in [1.807, 2.05) is 0 Å². The molecule has 0 saturated heterocycles. The molecule has 0 bridgehead atoms. The number of halogens is 2. The lowest BCUT2D eigenvalue weighted by molar-refractivity contribution is 0.0995. The smallest absolute Gasteiger partial charge is 0.249 e. The van der Waals surface area contributed by atoms with Crippen molar-refractivity contribution in [1.29, 1.82) is 0 Å². The SMILES string of the molecule is CC(C)Oc1cc(C(N)=O)cc(OC(CF)CF)n1. The molecule has 2 N–H and O–H groups in total. The summed E-state index contributed by atoms with van der Waals surface area (Å²) >= 11 is 0. The fourth-order valence-electron chi connectivity index (χ4n) is 1.26. The van der Waals surface area contributed by atoms with Gasteiger partial charge in [0.2, 0.25) is 17.7 Å². The van der Waals surface area contributed by atoms with E-state index in [1.165, 1.54) is 12.1 Å². The normalized spacial score (nSPS) is 10.8. The predicted octanol–water partition coefficient (Wildman–Crippen LogP) is 1.65. The van der Waals surface area contributed by atoms with Crippen LogP contribution in [0, 0.1) is 0 Å². The molecule has 1 aromatic rings. The minimum atomic E-state index is -1.26. The average Bonchev–Trinajstić information content (AvgIpc) is 2.34. The van der Waals surface area contributed by atoms with Crippen molar-refractivity contribution in [3.05, 3.63) is 17.7 Å². The second kappa shape index (κ2) is 6.86. The Morgan fingerprint density at radius 2 is 1.79 bits per heavy atom. The van der Waals surface area contributed by atoms with Crippen LogP contribution < -0.4 is 15.2 Å². The minimum absolute atomic E-state index is 0.0946. The van der Waals surface area contributed by atoms with Gasteiger partial charge in [0, 0.05) is 17.7 Å². The highest BCUT2D eigenvalue weighted by molar-refractivity contribution is 5.93. The standard InChI is InChI=1S/C12H16F2N2O3/c1-7(2)18-10-3-8(12(15)17)4-11(16-10)19-9(5-13)6-14/h3-4,7,9H,5-6H2,1-2H3,(H2,15,17). The predicted molar refractivity (Wildman–Crippen MR) is 64.9 cm³/mol. The molecule has 5 nitrogen and oxygen atoms in total. The van der Waals surface area contributed by atoms with Crippen molar-refractivity contribution < 1.29 is 23.0 Å². The molecular formula is C12H16F2N2O3. The number of nitrogens with two attached hydrogens (primary N) is 1. The Labute approximate surface area is 109 Å². The van der Waals surface area contributed by atoms with E-state index in [2.05, 4.69) is 4.98 Å². The van der Waals surface area contributed by atoms with Crippen molar-refractivity contribution in [2.75, 3.05) is 13.3 Å². The summed E-state index contributed by atoms with van der Waals surface area (Å²) in [7, 11) is 0. The number of amides is 1. The second-order valence-electron chi connectivity index (χ2n) is 4.11. The van der Waals surface area contributed by atoms with Crippen LogP contribution in [0.3, 0.4) is 0 Å². The number of carbonyl (C=O) groups is 1. The van der Waals surface area contributed by atoms with Crippen LogP contribution in [-0.2, 0) is 0 Å². The Bertz CT molecular complexity index is 437. The van der Waals surface area contributed by atoms with Gasteiger partial charge in [-0.25, -0.2) is 8.78 Å². The third-order valence-corrected chi connectivity index (χ3v) is 2.05. The summed E-state index contributed by atoms with van der Waals surface area (Å²) < 4.78 is 35.1. The molecule has 106 valence electrons. The van der Waals surface area contributed by atoms with Gasteiger partial charge in [-0.3, -0.25) is 4.79 Å². The molecule has 1 amide bonds. The molecule has 0 radical (unpaired) electrons. The van der Waals surface area contributed by atoms with Gasteiger partial charge < -0.3 is 15.2 Å². The highest BCUT2D eigenvalue weighted by Gasteiger charge is 2.14. The molecule has 0 aliphatic carbocycles. The summed E-state index contributed by atoms with van der Waals surface area (Å²) in [6, 6.07) is 2.56. The van der Waals surface area contributed by atoms with E-state index in [4.69, 9.17) is 15.2 Å². The van der Waals surface area contributed by atoms with E-state index in [-0.39, 0.29) is 23.4 Å². The zero-order valence-electron chi connectivity index (χ0n) is 10.7. The number of hydrogen-bond acceptors (Lipinski definition) is 4. The molecule has 0 spiro atoms. The Balaban J connectivity index is 3.02. The van der Waals surface area contributed by atoms with Crippen LogP contribution in [-0.4, -0.2) is 36.4 Å². The maximum atomic E-state index is 12.4. The van der Waals surface area contributed by atoms with Crippen LogP contribution in [0.1, 0.15) is 24.2 Å². The summed E-state index contributed by atoms with van der Waals surface area (Å²) in [4.78, 5) is 15.1. The van der Waals surface area contributed by atoms with E-state index in [1.54, 1.807) is 13.8 Å². The molecule has 1 aromatic heterocycles. The third kappa shape index (κ3) is 4.69. The van der Waals surface area contributed by atoms with Crippen molar-refractivity contribution in [3.8, 4) is 11.8 Å². The monoisotopic (exact) mass is 274 g/mol. The summed E-state index contributed by atoms with van der Waals surface area (Å²) in [5, 5.41) is 0. The first kappa shape index (κ1) is 15.1. The quantitative estimate of drug-likeness (QED) is 0.820. The number of alkyl halides is 2. The highest BCUT2D eigenvalue weighted by Crippen LogP contribution is 2.20. The number of aromatic nitrogens is 1. The molecule has 0 fully saturated rings. The van der Waals surface area contributed by atoms with Gasteiger partial charge in [0.15, 0.2) is 6.10 Å². The number of hydrogen-bond donors (Lipinski definition) is 1. The van der Waals surface area contributed by atoms with Gasteiger partial charge in [-0.05, 0) is 13.8 Å². The van der Waals surface area contributed by atoms with E-state index >= 15 is 0 Å². The molecule has 0 unspecified atom stereocenters. The van der Waals surface area contributed by atoms with Gasteiger partial charge in [-0.1, -0.05) is 0 Å². The maximum absolute atomic E-state index is 12.4. The Hall–Kier alpha value is -1.92. The lowest BCUT2D eigenvalue weighted by Crippen LogP contribution is -2.22. The fraction of sp³-hybridized carbons (Fsp3) is 0.500. The Morgan fingerprint density at radius 3 is 2.21 bits per heavy atom. The van der Waals surface area contributed by atoms with Crippen molar-refractivity contribution in [1.82, 2.24) is 4.98 Å². The van der Waals surface area contributed by atoms with Crippen molar-refractivity contribution in [2.45, 2.75) is 26.1 Å². The maximum Gasteiger partial charge on any atom is 0.249 e. The minimum Gasteiger partial charge on any atom is -0.475 e. The molecule has 7 heteroatoms. The molecule has 1 heterocycles. The van der Waals surface area contributed by atoms with Gasteiger partial charge in [0.05, 0.1) is 6.10 Å². The molecule has 0 atom stereocenters. The summed E-state index contributed by atoms with van der Waals surface area (Å²) in [5.41, 5.74) is 5.25. The van der Waals surface area contributed by atoms with E-state index in [0.717, 1.165) is 0 Å². The van der Waals surface area contributed by atoms with Crippen LogP contribution in [0.25, 0.3) is 0 Å². The van der Waals surface area contributed by atoms with Crippen molar-refractivity contribution in [2.24, 2.45) is 5.73 Å². The van der Waals surface area contributed by atoms with Gasteiger partial charge in [0.1, 0.15) is 13.3 Å². The number of carbonyl (C=O) groups excluding carboxylic acids is 1. The molecule has 0 saturated carbocycles. The van der Waals surface area contributed by atoms with Gasteiger partial charge in [-0.2, -0.15) is 4.98 Å². The second-order valence-corrected chi connectivity index (χ2v) is 4.11. The molecule has 0 aliphatic heterocycles. The van der Waals surface area contributed by atoms with Crippen LogP contribution in [0.4, 0.5) is 8.78 Å². The number of ether oxygens (including phenoxy) is 2. The lowest BCUT2D eigenvalue weighted by Gasteiger charge is -2.14. The zero-order valence-corrected chi connectivity index (χ0v) is 10.7. The Morgan fingerprint density at radius 1 is 1.26 bits per heavy atom. The van der Waals surface area contributed by atoms with Crippen molar-refractivity contribution in [3.63, 3.8) is 0 Å². The van der Waals surface area contributed by atoms with Crippen LogP contribution in [0.2, 0.25) is 0 Å². The lowest BCUT2D eigenvalue weighted by atomic mass is 10.2. The summed E-state index contributed by atoms with van der Waals surface area (Å²) in [6.07, 6.45) is -1.44. The van der Waals surface area contributed by atoms with Gasteiger partial charge in [0.25, 0.3) is 0 Å². The van der Waals surface area contributed by atoms with Crippen molar-refractivity contribution >= 4 is 5.91 Å². The van der Waals surface area contributed by atoms with E-state index in [9.17, 15) is 13.6 Å². The number of primary amides is 1. The molecule has 1 rings (SSSR count). The zero-order chi connectivity index (χ0) is 14.4. The van der Waals surface area contributed by atoms with Gasteiger partial charge >= 0.3 is 0 Å². The number of pyridine rings is 1. The first-order valence-corrected chi connectivity index (χ1v) is 5.73. The first-order valence-electron chi connectivity index (χ1n) is 5.73. The first-order chi connectivity index (χ1) is 8.96. The number of nitrogens with zero attached hydrogens (tertiary/aromatic N) is 1. The topological polar surface area (TPSA) is 74.4 Å². The highest BCUT2D eigenvalue weighted by atomic mass is 19.1. The van der Waals surface area contributed by atoms with E-state index in [0.29, 0.717) is 0 Å². The Kier molecular flexibility index (Phi) is 5.47. The van der Waals surface area contributed by atoms with Gasteiger partial charge in [-0.15, -0.1) is 0 Å². The summed E-state index contributed by atoms with van der Waals surface area (Å²) in [6.45, 7) is 1.54. The largest absolute Gasteiger partial charge is 0.475 e. The van der Waals surface area contributed by atoms with Crippen LogP contribution >= 0.6 is 0 Å². The molecular weight excluding hydrogens is 258 g/mol. The van der Waals surface area contributed by atoms with Crippen LogP contribution in [0.5, 0.6) is 11.8 Å². The summed E-state index contributed by atoms with van der Waals surface area (Å²) in [5.74, 6) is -0.706. The molecule has 19 heavy (non-hydrogen) atoms. The molecule has 0 aliphatic rings. The van der Waals surface area contributed by atoms with E-state index < -0.39 is 25.4 Å². The number of rotatable bonds is 7. The third-order valence-electron chi connectivity index (χ3n) is 2.05.